The van der Waals surface area contributed by atoms with Gasteiger partial charge in [-0.05, 0) is 24.0 Å². The number of hydrogen-bond donors (Lipinski definition) is 0. The molecule has 116 valence electrons. The monoisotopic (exact) mass is 289 g/mol. The minimum atomic E-state index is -0.231. The quantitative estimate of drug-likeness (QED) is 0.785. The molecule has 0 aromatic heterocycles. The molecule has 0 spiro atoms. The summed E-state index contributed by atoms with van der Waals surface area (Å²) >= 11 is 0. The van der Waals surface area contributed by atoms with Crippen LogP contribution in [0.4, 0.5) is 5.69 Å². The molecule has 3 unspecified atom stereocenters. The van der Waals surface area contributed by atoms with Crippen LogP contribution in [-0.4, -0.2) is 11.8 Å². The Balaban J connectivity index is 0.00000106. The first kappa shape index (κ1) is 17.4. The Morgan fingerprint density at radius 1 is 0.952 bits per heavy atom. The number of para-hydroxylation sites is 1. The lowest BCUT2D eigenvalue weighted by atomic mass is 9.79. The molecule has 1 aliphatic heterocycles. The van der Waals surface area contributed by atoms with Crippen LogP contribution in [0.3, 0.4) is 0 Å². The first-order valence-corrected chi connectivity index (χ1v) is 7.88. The summed E-state index contributed by atoms with van der Waals surface area (Å²) in [6, 6.07) is 9.20. The number of nitrogens with zero attached hydrogens (tertiary/aromatic N) is 1. The van der Waals surface area contributed by atoms with Gasteiger partial charge in [0, 0.05) is 5.92 Å². The van der Waals surface area contributed by atoms with Crippen LogP contribution in [0, 0.1) is 23.7 Å². The normalized spacial score (nSPS) is 23.1. The number of anilines is 1. The summed E-state index contributed by atoms with van der Waals surface area (Å²) in [6.45, 7) is 12.1. The van der Waals surface area contributed by atoms with Crippen molar-refractivity contribution in [3.63, 3.8) is 0 Å². The molecule has 0 aliphatic carbocycles. The van der Waals surface area contributed by atoms with Gasteiger partial charge in [-0.1, -0.05) is 59.7 Å². The van der Waals surface area contributed by atoms with Gasteiger partial charge in [0.1, 0.15) is 0 Å². The van der Waals surface area contributed by atoms with Gasteiger partial charge in [-0.15, -0.1) is 0 Å². The van der Waals surface area contributed by atoms with Crippen molar-refractivity contribution in [1.82, 2.24) is 0 Å². The number of benzene rings is 1. The van der Waals surface area contributed by atoms with E-state index in [9.17, 15) is 9.59 Å². The number of carbonyl (C=O) groups excluding carboxylic acids is 2. The maximum Gasteiger partial charge on any atom is 0.237 e. The van der Waals surface area contributed by atoms with Crippen molar-refractivity contribution in [2.45, 2.75) is 41.5 Å². The molecule has 0 radical (unpaired) electrons. The molecule has 1 saturated heterocycles. The van der Waals surface area contributed by atoms with Crippen LogP contribution in [0.2, 0.25) is 0 Å². The van der Waals surface area contributed by atoms with Gasteiger partial charge in [0.05, 0.1) is 11.6 Å². The molecule has 1 aromatic rings. The molecule has 0 N–H and O–H groups in total. The van der Waals surface area contributed by atoms with Crippen LogP contribution >= 0.6 is 0 Å². The number of rotatable bonds is 3. The highest BCUT2D eigenvalue weighted by Crippen LogP contribution is 2.37. The van der Waals surface area contributed by atoms with Gasteiger partial charge in [-0.3, -0.25) is 14.5 Å². The van der Waals surface area contributed by atoms with E-state index < -0.39 is 0 Å². The summed E-state index contributed by atoms with van der Waals surface area (Å²) < 4.78 is 0. The Hall–Kier alpha value is -1.64. The van der Waals surface area contributed by atoms with Crippen molar-refractivity contribution in [1.29, 1.82) is 0 Å². The minimum absolute atomic E-state index is 0.0510. The zero-order valence-electron chi connectivity index (χ0n) is 14.0. The smallest absolute Gasteiger partial charge is 0.237 e. The largest absolute Gasteiger partial charge is 0.274 e. The Bertz CT molecular complexity index is 481. The lowest BCUT2D eigenvalue weighted by molar-refractivity contribution is -0.123. The van der Waals surface area contributed by atoms with Crippen molar-refractivity contribution in [2.24, 2.45) is 23.7 Å². The van der Waals surface area contributed by atoms with E-state index in [1.807, 2.05) is 51.1 Å². The lowest BCUT2D eigenvalue weighted by Crippen LogP contribution is -2.32. The van der Waals surface area contributed by atoms with Crippen molar-refractivity contribution < 1.29 is 9.59 Å². The average molecular weight is 289 g/mol. The molecule has 0 bridgehead atoms. The van der Waals surface area contributed by atoms with Gasteiger partial charge in [0.25, 0.3) is 0 Å². The number of hydrogen-bond acceptors (Lipinski definition) is 2. The first-order chi connectivity index (χ1) is 9.95. The van der Waals surface area contributed by atoms with Gasteiger partial charge in [-0.2, -0.15) is 0 Å². The second-order valence-corrected chi connectivity index (χ2v) is 5.77. The van der Waals surface area contributed by atoms with Crippen LogP contribution in [0.15, 0.2) is 30.3 Å². The summed E-state index contributed by atoms with van der Waals surface area (Å²) in [5.41, 5.74) is 0.683. The Morgan fingerprint density at radius 2 is 1.48 bits per heavy atom. The lowest BCUT2D eigenvalue weighted by Gasteiger charge is -2.23. The zero-order chi connectivity index (χ0) is 16.2. The summed E-state index contributed by atoms with van der Waals surface area (Å²) in [5.74, 6) is 0.0384. The Morgan fingerprint density at radius 3 is 1.95 bits per heavy atom. The molecule has 2 amide bonds. The topological polar surface area (TPSA) is 37.4 Å². The highest BCUT2D eigenvalue weighted by Gasteiger charge is 2.48. The number of carbonyl (C=O) groups is 2. The van der Waals surface area contributed by atoms with Gasteiger partial charge < -0.3 is 0 Å². The van der Waals surface area contributed by atoms with Crippen LogP contribution < -0.4 is 4.90 Å². The second-order valence-electron chi connectivity index (χ2n) is 5.77. The Labute approximate surface area is 128 Å². The molecular weight excluding hydrogens is 262 g/mol. The summed E-state index contributed by atoms with van der Waals surface area (Å²) in [6.07, 6.45) is 0. The van der Waals surface area contributed by atoms with E-state index in [0.29, 0.717) is 11.6 Å². The van der Waals surface area contributed by atoms with Crippen molar-refractivity contribution in [3.05, 3.63) is 30.3 Å². The van der Waals surface area contributed by atoms with E-state index in [2.05, 4.69) is 20.8 Å². The minimum Gasteiger partial charge on any atom is -0.274 e. The van der Waals surface area contributed by atoms with Crippen molar-refractivity contribution in [2.75, 3.05) is 4.90 Å². The number of imide groups is 1. The highest BCUT2D eigenvalue weighted by molar-refractivity contribution is 6.21. The van der Waals surface area contributed by atoms with E-state index in [1.165, 1.54) is 4.90 Å². The molecule has 21 heavy (non-hydrogen) atoms. The third-order valence-electron chi connectivity index (χ3n) is 4.29. The van der Waals surface area contributed by atoms with Crippen LogP contribution in [0.1, 0.15) is 41.5 Å². The van der Waals surface area contributed by atoms with Crippen molar-refractivity contribution in [3.8, 4) is 0 Å². The second kappa shape index (κ2) is 7.39. The predicted octanol–water partition coefficient (Wildman–Crippen LogP) is 4.13. The average Bonchev–Trinajstić information content (AvgIpc) is 2.71. The fourth-order valence-electron chi connectivity index (χ4n) is 2.76. The third kappa shape index (κ3) is 3.34. The first-order valence-electron chi connectivity index (χ1n) is 7.88. The summed E-state index contributed by atoms with van der Waals surface area (Å²) in [7, 11) is 0. The van der Waals surface area contributed by atoms with Crippen LogP contribution in [-0.2, 0) is 9.59 Å². The molecule has 1 heterocycles. The highest BCUT2D eigenvalue weighted by atomic mass is 16.2. The SMILES string of the molecule is CC.CC(C)C(C)C1C(=O)N(c2ccccc2)C(=O)C1C. The molecule has 3 heteroatoms. The fourth-order valence-corrected chi connectivity index (χ4v) is 2.76. The van der Waals surface area contributed by atoms with Gasteiger partial charge in [-0.25, -0.2) is 0 Å². The maximum absolute atomic E-state index is 12.6. The summed E-state index contributed by atoms with van der Waals surface area (Å²) in [5, 5.41) is 0. The molecule has 3 atom stereocenters. The third-order valence-corrected chi connectivity index (χ3v) is 4.29. The van der Waals surface area contributed by atoms with E-state index in [0.717, 1.165) is 0 Å². The van der Waals surface area contributed by atoms with E-state index in [-0.39, 0.29) is 29.6 Å². The molecular formula is C18H27NO2. The van der Waals surface area contributed by atoms with Crippen molar-refractivity contribution >= 4 is 17.5 Å². The number of amides is 2. The Kier molecular flexibility index (Phi) is 6.13. The van der Waals surface area contributed by atoms with Crippen LogP contribution in [0.25, 0.3) is 0 Å². The molecule has 3 nitrogen and oxygen atoms in total. The molecule has 0 saturated carbocycles. The molecule has 1 aromatic carbocycles. The maximum atomic E-state index is 12.6. The fraction of sp³-hybridized carbons (Fsp3) is 0.556. The standard InChI is InChI=1S/C16H21NO2.C2H6/c1-10(2)11(3)14-12(4)15(18)17(16(14)19)13-8-6-5-7-9-13;1-2/h5-12,14H,1-4H3;1-2H3. The summed E-state index contributed by atoms with van der Waals surface area (Å²) in [4.78, 5) is 26.3. The van der Waals surface area contributed by atoms with E-state index >= 15 is 0 Å². The molecule has 1 aliphatic rings. The van der Waals surface area contributed by atoms with E-state index in [1.54, 1.807) is 0 Å². The van der Waals surface area contributed by atoms with Gasteiger partial charge in [0.15, 0.2) is 0 Å². The van der Waals surface area contributed by atoms with Gasteiger partial charge >= 0.3 is 0 Å². The molecule has 2 rings (SSSR count). The molecule has 1 fully saturated rings. The van der Waals surface area contributed by atoms with Gasteiger partial charge in [0.2, 0.25) is 11.8 Å². The van der Waals surface area contributed by atoms with E-state index in [4.69, 9.17) is 0 Å². The zero-order valence-corrected chi connectivity index (χ0v) is 14.0. The van der Waals surface area contributed by atoms with Crippen LogP contribution in [0.5, 0.6) is 0 Å². The predicted molar refractivity (Wildman–Crippen MR) is 86.9 cm³/mol.